The van der Waals surface area contributed by atoms with Crippen LogP contribution in [0.3, 0.4) is 0 Å². The summed E-state index contributed by atoms with van der Waals surface area (Å²) in [5.41, 5.74) is 11.4. The van der Waals surface area contributed by atoms with Crippen molar-refractivity contribution in [1.29, 1.82) is 0 Å². The van der Waals surface area contributed by atoms with Crippen LogP contribution in [0.5, 0.6) is 34.5 Å². The smallest absolute Gasteiger partial charge is 0.127 e. The van der Waals surface area contributed by atoms with Gasteiger partial charge in [-0.15, -0.1) is 0 Å². The zero-order chi connectivity index (χ0) is 39.1. The summed E-state index contributed by atoms with van der Waals surface area (Å²) in [6, 6.07) is 65.9. The Morgan fingerprint density at radius 1 is 0.211 bits per heavy atom. The van der Waals surface area contributed by atoms with E-state index in [0.717, 1.165) is 57.1 Å². The van der Waals surface area contributed by atoms with Crippen LogP contribution in [0.2, 0.25) is 0 Å². The quantitative estimate of drug-likeness (QED) is 0.124. The Bertz CT molecular complexity index is 2240. The Balaban J connectivity index is 0.888. The summed E-state index contributed by atoms with van der Waals surface area (Å²) >= 11 is 0. The van der Waals surface area contributed by atoms with Crippen LogP contribution in [0, 0.1) is 27.7 Å². The summed E-state index contributed by atoms with van der Waals surface area (Å²) in [6.07, 6.45) is 0. The van der Waals surface area contributed by atoms with Crippen LogP contribution in [-0.2, 0) is 0 Å². The minimum Gasteiger partial charge on any atom is -0.457 e. The molecule has 0 radical (unpaired) electrons. The molecule has 5 heteroatoms. The molecule has 280 valence electrons. The maximum Gasteiger partial charge on any atom is 0.127 e. The number of rotatable bonds is 12. The first-order chi connectivity index (χ1) is 27.8. The molecule has 0 aliphatic heterocycles. The first-order valence-electron chi connectivity index (χ1n) is 19.1. The van der Waals surface area contributed by atoms with Crippen molar-refractivity contribution in [1.82, 2.24) is 0 Å². The standard InChI is InChI=1S/C52H44N2O3/c1-37-5-13-41(14-6-37)53(42-15-7-38(2)8-16-42)45-21-25-47(26-22-45)55-49-29-33-51(34-30-49)57-52-35-31-50(32-36-52)56-48-27-23-46(24-28-48)54(43-17-9-39(3)10-18-43)44-19-11-40(4)12-20-44/h5-36H,1-4H3. The van der Waals surface area contributed by atoms with Gasteiger partial charge in [0, 0.05) is 34.1 Å². The van der Waals surface area contributed by atoms with E-state index in [2.05, 4.69) is 159 Å². The Hall–Kier alpha value is -7.24. The van der Waals surface area contributed by atoms with Crippen molar-refractivity contribution in [2.45, 2.75) is 27.7 Å². The molecule has 0 atom stereocenters. The fourth-order valence-electron chi connectivity index (χ4n) is 6.56. The monoisotopic (exact) mass is 744 g/mol. The van der Waals surface area contributed by atoms with E-state index in [-0.39, 0.29) is 0 Å². The average molecular weight is 745 g/mol. The van der Waals surface area contributed by atoms with Gasteiger partial charge in [-0.3, -0.25) is 0 Å². The lowest BCUT2D eigenvalue weighted by atomic mass is 10.1. The van der Waals surface area contributed by atoms with E-state index in [1.807, 2.05) is 72.8 Å². The minimum atomic E-state index is 0.709. The Morgan fingerprint density at radius 3 is 0.526 bits per heavy atom. The fraction of sp³-hybridized carbons (Fsp3) is 0.0769. The Labute approximate surface area is 335 Å². The predicted molar refractivity (Wildman–Crippen MR) is 234 cm³/mol. The molecule has 0 N–H and O–H groups in total. The van der Waals surface area contributed by atoms with Crippen LogP contribution in [0.4, 0.5) is 34.1 Å². The molecule has 8 aromatic rings. The average Bonchev–Trinajstić information content (AvgIpc) is 3.23. The second-order valence-corrected chi connectivity index (χ2v) is 14.2. The normalized spacial score (nSPS) is 10.8. The van der Waals surface area contributed by atoms with E-state index in [4.69, 9.17) is 14.2 Å². The van der Waals surface area contributed by atoms with E-state index in [1.165, 1.54) is 22.3 Å². The Morgan fingerprint density at radius 2 is 0.351 bits per heavy atom. The molecule has 8 rings (SSSR count). The van der Waals surface area contributed by atoms with E-state index >= 15 is 0 Å². The Kier molecular flexibility index (Phi) is 10.7. The van der Waals surface area contributed by atoms with Crippen molar-refractivity contribution in [3.63, 3.8) is 0 Å². The van der Waals surface area contributed by atoms with Crippen LogP contribution >= 0.6 is 0 Å². The van der Waals surface area contributed by atoms with Crippen molar-refractivity contribution in [2.24, 2.45) is 0 Å². The molecule has 0 fully saturated rings. The zero-order valence-electron chi connectivity index (χ0n) is 32.6. The zero-order valence-corrected chi connectivity index (χ0v) is 32.6. The lowest BCUT2D eigenvalue weighted by Gasteiger charge is -2.26. The van der Waals surface area contributed by atoms with Gasteiger partial charge in [0.15, 0.2) is 0 Å². The number of benzene rings is 8. The second-order valence-electron chi connectivity index (χ2n) is 14.2. The molecule has 0 bridgehead atoms. The number of hydrogen-bond acceptors (Lipinski definition) is 5. The van der Waals surface area contributed by atoms with Gasteiger partial charge in [0.1, 0.15) is 34.5 Å². The summed E-state index contributed by atoms with van der Waals surface area (Å²) in [6.45, 7) is 8.42. The molecule has 0 unspecified atom stereocenters. The van der Waals surface area contributed by atoms with Crippen LogP contribution in [0.1, 0.15) is 22.3 Å². The highest BCUT2D eigenvalue weighted by Crippen LogP contribution is 2.38. The summed E-state index contributed by atoms with van der Waals surface area (Å²) in [5, 5.41) is 0. The van der Waals surface area contributed by atoms with Crippen molar-refractivity contribution >= 4 is 34.1 Å². The number of anilines is 6. The summed E-state index contributed by atoms with van der Waals surface area (Å²) in [5.74, 6) is 4.36. The van der Waals surface area contributed by atoms with Gasteiger partial charge in [0.05, 0.1) is 0 Å². The molecule has 5 nitrogen and oxygen atoms in total. The molecule has 0 aromatic heterocycles. The second kappa shape index (κ2) is 16.6. The molecule has 8 aromatic carbocycles. The third-order valence-corrected chi connectivity index (χ3v) is 9.71. The first kappa shape index (κ1) is 36.7. The van der Waals surface area contributed by atoms with Gasteiger partial charge in [-0.2, -0.15) is 0 Å². The van der Waals surface area contributed by atoms with Gasteiger partial charge >= 0.3 is 0 Å². The topological polar surface area (TPSA) is 34.2 Å². The molecular weight excluding hydrogens is 701 g/mol. The largest absolute Gasteiger partial charge is 0.457 e. The highest BCUT2D eigenvalue weighted by molar-refractivity contribution is 5.78. The fourth-order valence-corrected chi connectivity index (χ4v) is 6.56. The third-order valence-electron chi connectivity index (χ3n) is 9.71. The van der Waals surface area contributed by atoms with Gasteiger partial charge in [-0.25, -0.2) is 0 Å². The summed E-state index contributed by atoms with van der Waals surface area (Å²) in [4.78, 5) is 4.50. The lowest BCUT2D eigenvalue weighted by molar-refractivity contribution is 0.464. The molecule has 0 heterocycles. The van der Waals surface area contributed by atoms with Crippen molar-refractivity contribution in [3.8, 4) is 34.5 Å². The number of hydrogen-bond donors (Lipinski definition) is 0. The molecule has 57 heavy (non-hydrogen) atoms. The summed E-state index contributed by atoms with van der Waals surface area (Å²) < 4.78 is 18.6. The van der Waals surface area contributed by atoms with Crippen LogP contribution in [0.15, 0.2) is 194 Å². The molecule has 0 aliphatic rings. The van der Waals surface area contributed by atoms with E-state index in [1.54, 1.807) is 0 Å². The van der Waals surface area contributed by atoms with Crippen LogP contribution in [0.25, 0.3) is 0 Å². The van der Waals surface area contributed by atoms with Gasteiger partial charge < -0.3 is 24.0 Å². The molecular formula is C52H44N2O3. The van der Waals surface area contributed by atoms with Gasteiger partial charge in [0.2, 0.25) is 0 Å². The minimum absolute atomic E-state index is 0.709. The van der Waals surface area contributed by atoms with E-state index in [9.17, 15) is 0 Å². The molecule has 0 aliphatic carbocycles. The highest BCUT2D eigenvalue weighted by atomic mass is 16.5. The van der Waals surface area contributed by atoms with E-state index in [0.29, 0.717) is 11.5 Å². The van der Waals surface area contributed by atoms with Gasteiger partial charge in [-0.1, -0.05) is 70.8 Å². The van der Waals surface area contributed by atoms with Crippen LogP contribution < -0.4 is 24.0 Å². The number of aryl methyl sites for hydroxylation is 4. The molecule has 0 amide bonds. The molecule has 0 saturated carbocycles. The van der Waals surface area contributed by atoms with Crippen molar-refractivity contribution in [3.05, 3.63) is 216 Å². The predicted octanol–water partition coefficient (Wildman–Crippen LogP) is 15.2. The van der Waals surface area contributed by atoms with Crippen molar-refractivity contribution < 1.29 is 14.2 Å². The molecule has 0 spiro atoms. The SMILES string of the molecule is Cc1ccc(N(c2ccc(C)cc2)c2ccc(Oc3ccc(Oc4ccc(Oc5ccc(N(c6ccc(C)cc6)c6ccc(C)cc6)cc5)cc4)cc3)cc2)cc1. The lowest BCUT2D eigenvalue weighted by Crippen LogP contribution is -2.09. The maximum atomic E-state index is 6.21. The molecule has 0 saturated heterocycles. The third kappa shape index (κ3) is 9.01. The van der Waals surface area contributed by atoms with Crippen molar-refractivity contribution in [2.75, 3.05) is 9.80 Å². The number of nitrogens with zero attached hydrogens (tertiary/aromatic N) is 2. The van der Waals surface area contributed by atoms with Crippen LogP contribution in [-0.4, -0.2) is 0 Å². The number of ether oxygens (including phenoxy) is 3. The van der Waals surface area contributed by atoms with E-state index < -0.39 is 0 Å². The van der Waals surface area contributed by atoms with Gasteiger partial charge in [0.25, 0.3) is 0 Å². The van der Waals surface area contributed by atoms with Gasteiger partial charge in [-0.05, 0) is 173 Å². The summed E-state index contributed by atoms with van der Waals surface area (Å²) in [7, 11) is 0. The first-order valence-corrected chi connectivity index (χ1v) is 19.1. The maximum absolute atomic E-state index is 6.21. The highest BCUT2D eigenvalue weighted by Gasteiger charge is 2.14.